The minimum Gasteiger partial charge on any atom is -0.493 e. The van der Waals surface area contributed by atoms with Gasteiger partial charge in [-0.15, -0.1) is 0 Å². The zero-order valence-electron chi connectivity index (χ0n) is 20.1. The number of nitrogens with zero attached hydrogens (tertiary/aromatic N) is 3. The highest BCUT2D eigenvalue weighted by atomic mass is 35.5. The number of aromatic nitrogens is 1. The number of hydrogen-bond acceptors (Lipinski definition) is 7. The van der Waals surface area contributed by atoms with E-state index in [9.17, 15) is 10.1 Å². The number of methoxy groups -OCH3 is 1. The maximum Gasteiger partial charge on any atom is 0.311 e. The van der Waals surface area contributed by atoms with Crippen LogP contribution in [0.25, 0.3) is 10.9 Å². The van der Waals surface area contributed by atoms with E-state index in [1.165, 1.54) is 11.8 Å². The lowest BCUT2D eigenvalue weighted by molar-refractivity contribution is -0.384. The monoisotopic (exact) mass is 506 g/mol. The first-order valence-corrected chi connectivity index (χ1v) is 11.9. The van der Waals surface area contributed by atoms with Crippen molar-refractivity contribution in [2.75, 3.05) is 32.6 Å². The molecule has 0 fully saturated rings. The minimum absolute atomic E-state index is 0.144. The van der Waals surface area contributed by atoms with Crippen LogP contribution in [0.3, 0.4) is 0 Å². The Kier molecular flexibility index (Phi) is 8.20. The van der Waals surface area contributed by atoms with Gasteiger partial charge in [-0.25, -0.2) is 4.98 Å². The first kappa shape index (κ1) is 25.2. The number of anilines is 2. The topological polar surface area (TPSA) is 89.8 Å². The second-order valence-electron chi connectivity index (χ2n) is 8.35. The van der Waals surface area contributed by atoms with E-state index in [-0.39, 0.29) is 5.69 Å². The van der Waals surface area contributed by atoms with Crippen LogP contribution in [0.5, 0.6) is 11.5 Å². The highest BCUT2D eigenvalue weighted by Gasteiger charge is 2.21. The van der Waals surface area contributed by atoms with Crippen LogP contribution < -0.4 is 14.8 Å². The fourth-order valence-corrected chi connectivity index (χ4v) is 4.03. The number of halogens is 1. The van der Waals surface area contributed by atoms with Crippen LogP contribution in [0.2, 0.25) is 5.02 Å². The molecule has 0 aliphatic heterocycles. The minimum atomic E-state index is -0.465. The van der Waals surface area contributed by atoms with Crippen LogP contribution in [-0.2, 0) is 6.54 Å². The van der Waals surface area contributed by atoms with Crippen molar-refractivity contribution in [2.45, 2.75) is 13.0 Å². The number of benzene rings is 3. The van der Waals surface area contributed by atoms with Gasteiger partial charge in [0.15, 0.2) is 11.5 Å². The first-order chi connectivity index (χ1) is 17.4. The van der Waals surface area contributed by atoms with Crippen LogP contribution in [0.15, 0.2) is 72.9 Å². The molecular weight excluding hydrogens is 480 g/mol. The molecule has 36 heavy (non-hydrogen) atoms. The third-order valence-electron chi connectivity index (χ3n) is 5.68. The van der Waals surface area contributed by atoms with Crippen LogP contribution in [0.1, 0.15) is 12.0 Å². The second-order valence-corrected chi connectivity index (χ2v) is 8.79. The number of pyridine rings is 1. The van der Waals surface area contributed by atoms with Crippen molar-refractivity contribution in [2.24, 2.45) is 0 Å². The fraction of sp³-hybridized carbons (Fsp3) is 0.222. The average Bonchev–Trinajstić information content (AvgIpc) is 2.88. The molecule has 0 saturated carbocycles. The summed E-state index contributed by atoms with van der Waals surface area (Å²) in [5.41, 5.74) is 2.65. The maximum atomic E-state index is 11.7. The molecule has 4 rings (SSSR count). The molecule has 8 nitrogen and oxygen atoms in total. The highest BCUT2D eigenvalue weighted by molar-refractivity contribution is 6.30. The second kappa shape index (κ2) is 11.7. The van der Waals surface area contributed by atoms with Crippen molar-refractivity contribution in [3.63, 3.8) is 0 Å². The summed E-state index contributed by atoms with van der Waals surface area (Å²) in [6.07, 6.45) is 2.07. The summed E-state index contributed by atoms with van der Waals surface area (Å²) >= 11 is 5.98. The molecule has 1 heterocycles. The Hall–Kier alpha value is -3.88. The quantitative estimate of drug-likeness (QED) is 0.142. The molecule has 3 aromatic carbocycles. The zero-order valence-corrected chi connectivity index (χ0v) is 20.9. The Balaban J connectivity index is 1.51. The zero-order chi connectivity index (χ0) is 25.5. The van der Waals surface area contributed by atoms with E-state index in [1.54, 1.807) is 43.5 Å². The molecule has 0 unspecified atom stereocenters. The third-order valence-corrected chi connectivity index (χ3v) is 5.93. The lowest BCUT2D eigenvalue weighted by Crippen LogP contribution is -2.20. The number of fused-ring (bicyclic) bond motifs is 1. The SMILES string of the molecule is COc1cc2c(Nc3ccc(Cl)cc3)c([N+](=O)[O-])cnc2cc1OCCCN(C)Cc1ccccc1. The van der Waals surface area contributed by atoms with Gasteiger partial charge in [0, 0.05) is 35.3 Å². The van der Waals surface area contributed by atoms with E-state index in [0.717, 1.165) is 19.5 Å². The van der Waals surface area contributed by atoms with Gasteiger partial charge in [0.1, 0.15) is 11.9 Å². The Labute approximate surface area is 214 Å². The molecule has 0 aliphatic carbocycles. The molecule has 0 spiro atoms. The van der Waals surface area contributed by atoms with Crippen molar-refractivity contribution >= 4 is 39.6 Å². The molecule has 0 atom stereocenters. The van der Waals surface area contributed by atoms with Gasteiger partial charge in [0.05, 0.1) is 24.2 Å². The van der Waals surface area contributed by atoms with Gasteiger partial charge in [0.25, 0.3) is 0 Å². The van der Waals surface area contributed by atoms with E-state index >= 15 is 0 Å². The predicted molar refractivity (Wildman–Crippen MR) is 143 cm³/mol. The van der Waals surface area contributed by atoms with E-state index in [0.29, 0.717) is 45.4 Å². The number of rotatable bonds is 11. The summed E-state index contributed by atoms with van der Waals surface area (Å²) in [5.74, 6) is 1.01. The molecule has 0 bridgehead atoms. The van der Waals surface area contributed by atoms with Crippen molar-refractivity contribution in [1.82, 2.24) is 9.88 Å². The molecule has 186 valence electrons. The lowest BCUT2D eigenvalue weighted by Gasteiger charge is -2.18. The predicted octanol–water partition coefficient (Wildman–Crippen LogP) is 6.45. The molecule has 4 aromatic rings. The normalized spacial score (nSPS) is 11.0. The largest absolute Gasteiger partial charge is 0.493 e. The summed E-state index contributed by atoms with van der Waals surface area (Å²) in [4.78, 5) is 17.8. The average molecular weight is 507 g/mol. The lowest BCUT2D eigenvalue weighted by atomic mass is 10.1. The van der Waals surface area contributed by atoms with E-state index in [1.807, 2.05) is 18.2 Å². The van der Waals surface area contributed by atoms with Crippen molar-refractivity contribution < 1.29 is 14.4 Å². The number of hydrogen-bond donors (Lipinski definition) is 1. The number of nitro groups is 1. The van der Waals surface area contributed by atoms with Crippen LogP contribution in [0, 0.1) is 10.1 Å². The first-order valence-electron chi connectivity index (χ1n) is 11.5. The van der Waals surface area contributed by atoms with E-state index in [4.69, 9.17) is 21.1 Å². The van der Waals surface area contributed by atoms with Gasteiger partial charge >= 0.3 is 5.69 Å². The van der Waals surface area contributed by atoms with Gasteiger partial charge in [-0.3, -0.25) is 10.1 Å². The van der Waals surface area contributed by atoms with Crippen molar-refractivity contribution in [3.8, 4) is 11.5 Å². The summed E-state index contributed by atoms with van der Waals surface area (Å²) in [5, 5.41) is 16.0. The number of nitrogens with one attached hydrogen (secondary N) is 1. The van der Waals surface area contributed by atoms with Crippen LogP contribution in [0.4, 0.5) is 17.1 Å². The summed E-state index contributed by atoms with van der Waals surface area (Å²) < 4.78 is 11.6. The van der Waals surface area contributed by atoms with Crippen LogP contribution >= 0.6 is 11.6 Å². The van der Waals surface area contributed by atoms with Gasteiger partial charge in [0.2, 0.25) is 0 Å². The van der Waals surface area contributed by atoms with Gasteiger partial charge in [-0.05, 0) is 49.4 Å². The van der Waals surface area contributed by atoms with E-state index in [2.05, 4.69) is 34.4 Å². The van der Waals surface area contributed by atoms with Crippen LogP contribution in [-0.4, -0.2) is 42.1 Å². The number of ether oxygens (including phenoxy) is 2. The summed E-state index contributed by atoms with van der Waals surface area (Å²) in [6, 6.07) is 20.7. The maximum absolute atomic E-state index is 11.7. The molecule has 0 radical (unpaired) electrons. The molecular formula is C27H27ClN4O4. The molecule has 1 aromatic heterocycles. The fourth-order valence-electron chi connectivity index (χ4n) is 3.90. The van der Waals surface area contributed by atoms with E-state index < -0.39 is 4.92 Å². The standard InChI is InChI=1S/C27H27ClN4O4/c1-31(18-19-7-4-3-5-8-19)13-6-14-36-26-16-23-22(15-25(26)35-2)27(24(17-29-23)32(33)34)30-21-11-9-20(28)10-12-21/h3-5,7-12,15-17H,6,13-14,18H2,1-2H3,(H,29,30). The third kappa shape index (κ3) is 6.21. The Morgan fingerprint density at radius 2 is 1.83 bits per heavy atom. The van der Waals surface area contributed by atoms with Gasteiger partial charge < -0.3 is 19.7 Å². The molecule has 1 N–H and O–H groups in total. The summed E-state index contributed by atoms with van der Waals surface area (Å²) in [7, 11) is 3.62. The Morgan fingerprint density at radius 3 is 2.53 bits per heavy atom. The Morgan fingerprint density at radius 1 is 1.08 bits per heavy atom. The highest BCUT2D eigenvalue weighted by Crippen LogP contribution is 2.39. The van der Waals surface area contributed by atoms with Crippen molar-refractivity contribution in [3.05, 3.63) is 93.6 Å². The molecule has 9 heteroatoms. The molecule has 0 aliphatic rings. The van der Waals surface area contributed by atoms with Crippen molar-refractivity contribution in [1.29, 1.82) is 0 Å². The summed E-state index contributed by atoms with van der Waals surface area (Å²) in [6.45, 7) is 2.22. The molecule has 0 amide bonds. The van der Waals surface area contributed by atoms with Gasteiger partial charge in [-0.1, -0.05) is 41.9 Å². The molecule has 0 saturated heterocycles. The Bertz CT molecular complexity index is 1330. The van der Waals surface area contributed by atoms with Gasteiger partial charge in [-0.2, -0.15) is 0 Å². The smallest absolute Gasteiger partial charge is 0.311 e.